The Morgan fingerprint density at radius 3 is 2.64 bits per heavy atom. The van der Waals surface area contributed by atoms with Gasteiger partial charge >= 0.3 is 0 Å². The Hall–Kier alpha value is -4.37. The molecular weight excluding hydrogens is 494 g/mol. The minimum Gasteiger partial charge on any atom is -0.495 e. The topological polar surface area (TPSA) is 131 Å². The van der Waals surface area contributed by atoms with Gasteiger partial charge in [0.15, 0.2) is 0 Å². The predicted molar refractivity (Wildman–Crippen MR) is 151 cm³/mol. The van der Waals surface area contributed by atoms with Crippen molar-refractivity contribution in [1.29, 1.82) is 0 Å². The molecule has 202 valence electrons. The molecule has 1 unspecified atom stereocenters. The average molecular weight is 528 g/mol. The number of primary amides is 1. The lowest BCUT2D eigenvalue weighted by molar-refractivity contribution is -0.114. The van der Waals surface area contributed by atoms with Crippen molar-refractivity contribution >= 4 is 34.2 Å². The van der Waals surface area contributed by atoms with Crippen molar-refractivity contribution in [3.05, 3.63) is 71.3 Å². The summed E-state index contributed by atoms with van der Waals surface area (Å²) in [5.74, 6) is -0.603. The summed E-state index contributed by atoms with van der Waals surface area (Å²) >= 11 is 0. The average Bonchev–Trinajstić information content (AvgIpc) is 3.23. The molecule has 0 saturated carbocycles. The summed E-state index contributed by atoms with van der Waals surface area (Å²) in [5.41, 5.74) is 15.6. The summed E-state index contributed by atoms with van der Waals surface area (Å²) in [6, 6.07) is 13.4. The van der Waals surface area contributed by atoms with Gasteiger partial charge in [0.2, 0.25) is 5.91 Å². The number of ether oxygens (including phenoxy) is 1. The zero-order valence-electron chi connectivity index (χ0n) is 22.3. The van der Waals surface area contributed by atoms with E-state index in [0.29, 0.717) is 29.1 Å². The third-order valence-electron chi connectivity index (χ3n) is 7.63. The molecule has 0 spiro atoms. The van der Waals surface area contributed by atoms with Crippen LogP contribution in [-0.2, 0) is 11.3 Å². The minimum atomic E-state index is -0.626. The van der Waals surface area contributed by atoms with E-state index in [1.54, 1.807) is 11.0 Å². The van der Waals surface area contributed by atoms with E-state index < -0.39 is 5.91 Å². The summed E-state index contributed by atoms with van der Waals surface area (Å²) in [4.78, 5) is 41.6. The van der Waals surface area contributed by atoms with Gasteiger partial charge in [-0.1, -0.05) is 24.8 Å². The first-order valence-electron chi connectivity index (χ1n) is 13.0. The van der Waals surface area contributed by atoms with Crippen LogP contribution in [0.25, 0.3) is 21.9 Å². The molecule has 1 fully saturated rings. The Balaban J connectivity index is 1.50. The molecule has 3 aromatic rings. The fourth-order valence-corrected chi connectivity index (χ4v) is 5.50. The van der Waals surface area contributed by atoms with Crippen molar-refractivity contribution in [2.24, 2.45) is 5.73 Å². The van der Waals surface area contributed by atoms with Crippen LogP contribution in [0.15, 0.2) is 54.6 Å². The molecule has 3 amide bonds. The molecule has 3 aromatic carbocycles. The number of methoxy groups -OCH3 is 1. The van der Waals surface area contributed by atoms with Gasteiger partial charge in [0.1, 0.15) is 5.75 Å². The first-order valence-corrected chi connectivity index (χ1v) is 13.0. The van der Waals surface area contributed by atoms with E-state index in [0.717, 1.165) is 53.4 Å². The van der Waals surface area contributed by atoms with Gasteiger partial charge in [-0.2, -0.15) is 0 Å². The van der Waals surface area contributed by atoms with Crippen LogP contribution < -0.4 is 21.5 Å². The van der Waals surface area contributed by atoms with Gasteiger partial charge in [-0.25, -0.2) is 0 Å². The van der Waals surface area contributed by atoms with Gasteiger partial charge in [-0.15, -0.1) is 0 Å². The molecule has 2 aliphatic rings. The number of amides is 3. The zero-order chi connectivity index (χ0) is 27.8. The summed E-state index contributed by atoms with van der Waals surface area (Å²) in [5, 5.41) is 5.02. The normalized spacial score (nSPS) is 17.2. The summed E-state index contributed by atoms with van der Waals surface area (Å²) in [6.07, 6.45) is 1.95. The first kappa shape index (κ1) is 26.2. The Labute approximate surface area is 227 Å². The van der Waals surface area contributed by atoms with Crippen molar-refractivity contribution in [2.45, 2.75) is 25.4 Å². The van der Waals surface area contributed by atoms with Gasteiger partial charge in [0.05, 0.1) is 24.9 Å². The standard InChI is InChI=1S/C30H33N5O4/c1-17(28(32)36)14-35-16-25-22(30(35)38)9-8-18-6-7-19(11-23(18)25)20-12-24(27(31)26(13-20)39-3)29(37)33-21-5-4-10-34(2)15-21/h6-9,11-13,21H,1,4-5,10,14-16,31H2,2-3H3,(H2,32,36)(H,33,37). The summed E-state index contributed by atoms with van der Waals surface area (Å²) in [6.45, 7) is 5.93. The number of piperidine rings is 1. The fraction of sp³-hybridized carbons (Fsp3) is 0.300. The lowest BCUT2D eigenvalue weighted by atomic mass is 9.94. The lowest BCUT2D eigenvalue weighted by Crippen LogP contribution is -2.46. The second-order valence-corrected chi connectivity index (χ2v) is 10.4. The van der Waals surface area contributed by atoms with E-state index in [-0.39, 0.29) is 30.0 Å². The fourth-order valence-electron chi connectivity index (χ4n) is 5.50. The number of likely N-dealkylation sites (N-methyl/N-ethyl adjacent to an activating group) is 1. The minimum absolute atomic E-state index is 0.0553. The van der Waals surface area contributed by atoms with Crippen LogP contribution in [0.3, 0.4) is 0 Å². The number of hydrogen-bond acceptors (Lipinski definition) is 6. The molecule has 2 heterocycles. The summed E-state index contributed by atoms with van der Waals surface area (Å²) in [7, 11) is 3.58. The highest BCUT2D eigenvalue weighted by molar-refractivity contribution is 6.06. The lowest BCUT2D eigenvalue weighted by Gasteiger charge is -2.30. The Morgan fingerprint density at radius 2 is 1.92 bits per heavy atom. The van der Waals surface area contributed by atoms with E-state index in [1.807, 2.05) is 43.4 Å². The van der Waals surface area contributed by atoms with E-state index in [4.69, 9.17) is 16.2 Å². The zero-order valence-corrected chi connectivity index (χ0v) is 22.3. The first-order chi connectivity index (χ1) is 18.7. The van der Waals surface area contributed by atoms with Crippen LogP contribution in [0.4, 0.5) is 5.69 Å². The van der Waals surface area contributed by atoms with Gasteiger partial charge in [0.25, 0.3) is 11.8 Å². The molecule has 0 bridgehead atoms. The van der Waals surface area contributed by atoms with Gasteiger partial charge < -0.3 is 31.3 Å². The second-order valence-electron chi connectivity index (χ2n) is 10.4. The number of carbonyl (C=O) groups excluding carboxylic acids is 3. The highest BCUT2D eigenvalue weighted by Crippen LogP contribution is 2.37. The Bertz CT molecular complexity index is 1510. The number of benzene rings is 3. The van der Waals surface area contributed by atoms with E-state index in [2.05, 4.69) is 16.8 Å². The number of fused-ring (bicyclic) bond motifs is 3. The monoisotopic (exact) mass is 527 g/mol. The van der Waals surface area contributed by atoms with Crippen LogP contribution >= 0.6 is 0 Å². The van der Waals surface area contributed by atoms with Crippen LogP contribution in [0.2, 0.25) is 0 Å². The number of nitrogens with one attached hydrogen (secondary N) is 1. The van der Waals surface area contributed by atoms with Crippen molar-refractivity contribution in [2.75, 3.05) is 39.5 Å². The summed E-state index contributed by atoms with van der Waals surface area (Å²) < 4.78 is 5.54. The number of nitrogen functional groups attached to an aromatic ring is 1. The number of nitrogens with zero attached hydrogens (tertiary/aromatic N) is 2. The molecule has 9 nitrogen and oxygen atoms in total. The maximum Gasteiger partial charge on any atom is 0.254 e. The van der Waals surface area contributed by atoms with E-state index in [9.17, 15) is 14.4 Å². The van der Waals surface area contributed by atoms with Crippen molar-refractivity contribution in [1.82, 2.24) is 15.1 Å². The molecule has 1 saturated heterocycles. The van der Waals surface area contributed by atoms with Crippen LogP contribution in [0.5, 0.6) is 5.75 Å². The Kier molecular flexibility index (Phi) is 7.01. The maximum absolute atomic E-state index is 13.3. The Morgan fingerprint density at radius 1 is 1.15 bits per heavy atom. The second kappa shape index (κ2) is 10.4. The molecule has 2 aliphatic heterocycles. The van der Waals surface area contributed by atoms with Crippen LogP contribution in [0.1, 0.15) is 39.1 Å². The van der Waals surface area contributed by atoms with Crippen LogP contribution in [-0.4, -0.2) is 67.4 Å². The third-order valence-corrected chi connectivity index (χ3v) is 7.63. The molecule has 39 heavy (non-hydrogen) atoms. The van der Waals surface area contributed by atoms with Crippen molar-refractivity contribution in [3.63, 3.8) is 0 Å². The number of hydrogen-bond donors (Lipinski definition) is 3. The molecular formula is C30H33N5O4. The third kappa shape index (κ3) is 5.05. The van der Waals surface area contributed by atoms with Gasteiger partial charge in [-0.3, -0.25) is 14.4 Å². The smallest absolute Gasteiger partial charge is 0.254 e. The molecule has 5 N–H and O–H groups in total. The van der Waals surface area contributed by atoms with Crippen molar-refractivity contribution < 1.29 is 19.1 Å². The van der Waals surface area contributed by atoms with Crippen molar-refractivity contribution in [3.8, 4) is 16.9 Å². The van der Waals surface area contributed by atoms with E-state index in [1.165, 1.54) is 7.11 Å². The number of anilines is 1. The SMILES string of the molecule is C=C(CN1Cc2c(ccc3ccc(-c4cc(OC)c(N)c(C(=O)NC5CCCN(C)C5)c4)cc23)C1=O)C(N)=O. The molecule has 0 aromatic heterocycles. The molecule has 1 atom stereocenters. The highest BCUT2D eigenvalue weighted by Gasteiger charge is 2.30. The quantitative estimate of drug-likeness (QED) is 0.320. The molecule has 9 heteroatoms. The largest absolute Gasteiger partial charge is 0.495 e. The number of rotatable bonds is 7. The molecule has 5 rings (SSSR count). The van der Waals surface area contributed by atoms with Crippen LogP contribution in [0, 0.1) is 0 Å². The number of likely N-dealkylation sites (tertiary alicyclic amines) is 1. The number of nitrogens with two attached hydrogens (primary N) is 2. The maximum atomic E-state index is 13.3. The number of carbonyl (C=O) groups is 3. The van der Waals surface area contributed by atoms with Gasteiger partial charge in [-0.05, 0) is 78.2 Å². The molecule has 0 radical (unpaired) electrons. The highest BCUT2D eigenvalue weighted by atomic mass is 16.5. The van der Waals surface area contributed by atoms with E-state index >= 15 is 0 Å². The predicted octanol–water partition coefficient (Wildman–Crippen LogP) is 2.92. The molecule has 0 aliphatic carbocycles. The van der Waals surface area contributed by atoms with Gasteiger partial charge in [0, 0.05) is 30.3 Å².